The molecule has 9 nitrogen and oxygen atoms in total. The van der Waals surface area contributed by atoms with Gasteiger partial charge in [-0.15, -0.1) is 0 Å². The van der Waals surface area contributed by atoms with Crippen LogP contribution in [0.25, 0.3) is 0 Å². The minimum absolute atomic E-state index is 0.0953. The third kappa shape index (κ3) is 40.2. The fraction of sp³-hybridized carbons (Fsp3) is 0.628. The number of esters is 2. The SMILES string of the molecule is CC/C=C\C/C=C\CC(O)/C=C/C=C\C/C=C\CCCC(=O)O[C@H](COC(=O)CCCCCCCCC/C=C\C/C=C\CCCCC)COP(=O)(O)O. The highest BCUT2D eigenvalue weighted by atomic mass is 31.2. The summed E-state index contributed by atoms with van der Waals surface area (Å²) in [5.74, 6) is -1.01. The predicted molar refractivity (Wildman–Crippen MR) is 217 cm³/mol. The lowest BCUT2D eigenvalue weighted by Gasteiger charge is -2.18. The molecule has 0 aliphatic heterocycles. The van der Waals surface area contributed by atoms with E-state index in [1.165, 1.54) is 44.9 Å². The summed E-state index contributed by atoms with van der Waals surface area (Å²) >= 11 is 0. The van der Waals surface area contributed by atoms with E-state index in [4.69, 9.17) is 19.3 Å². The molecule has 0 bridgehead atoms. The van der Waals surface area contributed by atoms with E-state index in [2.05, 4.69) is 54.8 Å². The highest BCUT2D eigenvalue weighted by Crippen LogP contribution is 2.36. The lowest BCUT2D eigenvalue weighted by molar-refractivity contribution is -0.161. The average molecular weight is 763 g/mol. The van der Waals surface area contributed by atoms with Crippen molar-refractivity contribution in [3.05, 3.63) is 85.1 Å². The summed E-state index contributed by atoms with van der Waals surface area (Å²) in [4.78, 5) is 42.8. The van der Waals surface area contributed by atoms with Crippen LogP contribution in [-0.4, -0.2) is 52.3 Å². The number of hydrogen-bond acceptors (Lipinski definition) is 7. The average Bonchev–Trinajstić information content (AvgIpc) is 3.12. The minimum atomic E-state index is -4.79. The van der Waals surface area contributed by atoms with Crippen LogP contribution >= 0.6 is 7.82 Å². The van der Waals surface area contributed by atoms with Crippen LogP contribution in [0.4, 0.5) is 0 Å². The zero-order valence-electron chi connectivity index (χ0n) is 32.7. The first-order chi connectivity index (χ1) is 25.7. The Kier molecular flexibility index (Phi) is 35.5. The van der Waals surface area contributed by atoms with Gasteiger partial charge in [0.25, 0.3) is 0 Å². The second-order valence-electron chi connectivity index (χ2n) is 13.1. The molecule has 0 rings (SSSR count). The van der Waals surface area contributed by atoms with Crippen molar-refractivity contribution < 1.29 is 43.0 Å². The Bertz CT molecular complexity index is 1150. The number of phosphoric ester groups is 1. The molecule has 0 saturated carbocycles. The van der Waals surface area contributed by atoms with Crippen molar-refractivity contribution in [3.8, 4) is 0 Å². The van der Waals surface area contributed by atoms with E-state index in [0.717, 1.165) is 44.9 Å². The van der Waals surface area contributed by atoms with Gasteiger partial charge in [-0.2, -0.15) is 0 Å². The van der Waals surface area contributed by atoms with Crippen molar-refractivity contribution >= 4 is 19.8 Å². The second kappa shape index (κ2) is 37.5. The maximum absolute atomic E-state index is 12.4. The monoisotopic (exact) mass is 762 g/mol. The zero-order valence-corrected chi connectivity index (χ0v) is 33.6. The van der Waals surface area contributed by atoms with Crippen molar-refractivity contribution in [1.82, 2.24) is 0 Å². The first-order valence-corrected chi connectivity index (χ1v) is 21.5. The molecule has 0 aromatic heterocycles. The van der Waals surface area contributed by atoms with Gasteiger partial charge in [0.05, 0.1) is 12.7 Å². The Morgan fingerprint density at radius 1 is 0.604 bits per heavy atom. The van der Waals surface area contributed by atoms with E-state index in [1.807, 2.05) is 42.5 Å². The molecule has 0 aliphatic rings. The number of allylic oxidation sites excluding steroid dienone is 12. The zero-order chi connectivity index (χ0) is 39.1. The maximum atomic E-state index is 12.4. The third-order valence-electron chi connectivity index (χ3n) is 7.98. The van der Waals surface area contributed by atoms with Crippen LogP contribution < -0.4 is 0 Å². The van der Waals surface area contributed by atoms with Gasteiger partial charge < -0.3 is 24.4 Å². The number of carbonyl (C=O) groups is 2. The molecular weight excluding hydrogens is 691 g/mol. The van der Waals surface area contributed by atoms with E-state index in [-0.39, 0.29) is 19.4 Å². The molecule has 53 heavy (non-hydrogen) atoms. The topological polar surface area (TPSA) is 140 Å². The summed E-state index contributed by atoms with van der Waals surface area (Å²) in [5.41, 5.74) is 0. The Morgan fingerprint density at radius 2 is 1.15 bits per heavy atom. The number of rotatable bonds is 35. The molecule has 0 amide bonds. The van der Waals surface area contributed by atoms with Gasteiger partial charge in [0.2, 0.25) is 0 Å². The fourth-order valence-corrected chi connectivity index (χ4v) is 5.35. The van der Waals surface area contributed by atoms with E-state index in [9.17, 15) is 19.3 Å². The molecule has 0 radical (unpaired) electrons. The van der Waals surface area contributed by atoms with Gasteiger partial charge in [0.15, 0.2) is 6.10 Å². The molecule has 0 fully saturated rings. The first-order valence-electron chi connectivity index (χ1n) is 20.0. The molecule has 0 aliphatic carbocycles. The molecule has 0 spiro atoms. The van der Waals surface area contributed by atoms with Gasteiger partial charge >= 0.3 is 19.8 Å². The largest absolute Gasteiger partial charge is 0.469 e. The standard InChI is InChI=1S/C43H71O9P/c1-3-5-7-9-11-12-13-14-15-16-17-18-19-20-24-28-32-36-42(45)50-38-41(39-51-53(47,48)49)52-43(46)37-33-29-25-22-21-23-27-31-35-40(44)34-30-26-10-8-6-4-2/h6,8,11-12,14-15,22-23,25-27,30-31,35,40-41,44H,3-5,7,9-10,13,16-21,24,28-29,32-34,36-39H2,1-2H3,(H2,47,48,49)/b8-6-,12-11-,15-14-,25-22-,27-23-,30-26-,35-31+/t40?,41-/m1/s1. The molecule has 1 unspecified atom stereocenters. The third-order valence-corrected chi connectivity index (χ3v) is 8.46. The van der Waals surface area contributed by atoms with Crippen molar-refractivity contribution in [3.63, 3.8) is 0 Å². The smallest absolute Gasteiger partial charge is 0.462 e. The summed E-state index contributed by atoms with van der Waals surface area (Å²) in [6.45, 7) is 3.40. The van der Waals surface area contributed by atoms with Crippen molar-refractivity contribution in [2.75, 3.05) is 13.2 Å². The molecule has 10 heteroatoms. The van der Waals surface area contributed by atoms with E-state index in [0.29, 0.717) is 32.1 Å². The van der Waals surface area contributed by atoms with Gasteiger partial charge in [0.1, 0.15) is 6.61 Å². The Hall–Kier alpha value is -2.81. The van der Waals surface area contributed by atoms with Crippen molar-refractivity contribution in [1.29, 1.82) is 0 Å². The summed E-state index contributed by atoms with van der Waals surface area (Å²) in [5, 5.41) is 9.98. The van der Waals surface area contributed by atoms with Crippen LogP contribution in [-0.2, 0) is 28.2 Å². The lowest BCUT2D eigenvalue weighted by Crippen LogP contribution is -2.29. The molecule has 0 heterocycles. The number of carbonyl (C=O) groups excluding carboxylic acids is 2. The summed E-state index contributed by atoms with van der Waals surface area (Å²) in [6, 6.07) is 0. The molecular formula is C43H71O9P. The van der Waals surface area contributed by atoms with Crippen molar-refractivity contribution in [2.45, 2.75) is 161 Å². The van der Waals surface area contributed by atoms with Crippen LogP contribution in [0.1, 0.15) is 149 Å². The molecule has 2 atom stereocenters. The minimum Gasteiger partial charge on any atom is -0.462 e. The number of aliphatic hydroxyl groups excluding tert-OH is 1. The number of phosphoric acid groups is 1. The molecule has 0 aromatic rings. The predicted octanol–water partition coefficient (Wildman–Crippen LogP) is 11.0. The van der Waals surface area contributed by atoms with Crippen LogP contribution in [0.2, 0.25) is 0 Å². The van der Waals surface area contributed by atoms with E-state index >= 15 is 0 Å². The van der Waals surface area contributed by atoms with Crippen LogP contribution in [0, 0.1) is 0 Å². The summed E-state index contributed by atoms with van der Waals surface area (Å²) in [6.07, 6.45) is 46.2. The Morgan fingerprint density at radius 3 is 1.79 bits per heavy atom. The number of hydrogen-bond donors (Lipinski definition) is 3. The molecule has 0 saturated heterocycles. The fourth-order valence-electron chi connectivity index (χ4n) is 4.99. The summed E-state index contributed by atoms with van der Waals surface area (Å²) in [7, 11) is -4.79. The normalized spacial score (nSPS) is 14.0. The Balaban J connectivity index is 4.14. The first kappa shape index (κ1) is 50.2. The van der Waals surface area contributed by atoms with Gasteiger partial charge in [-0.3, -0.25) is 14.1 Å². The Labute approximate surface area is 321 Å². The number of unbranched alkanes of at least 4 members (excludes halogenated alkanes) is 11. The second-order valence-corrected chi connectivity index (χ2v) is 14.3. The molecule has 3 N–H and O–H groups in total. The highest BCUT2D eigenvalue weighted by Gasteiger charge is 2.22. The lowest BCUT2D eigenvalue weighted by atomic mass is 10.1. The van der Waals surface area contributed by atoms with Crippen LogP contribution in [0.15, 0.2) is 85.1 Å². The maximum Gasteiger partial charge on any atom is 0.469 e. The molecule has 0 aromatic carbocycles. The van der Waals surface area contributed by atoms with Gasteiger partial charge in [0, 0.05) is 12.8 Å². The van der Waals surface area contributed by atoms with Gasteiger partial charge in [-0.25, -0.2) is 4.57 Å². The highest BCUT2D eigenvalue weighted by molar-refractivity contribution is 7.46. The summed E-state index contributed by atoms with van der Waals surface area (Å²) < 4.78 is 26.3. The molecule has 302 valence electrons. The van der Waals surface area contributed by atoms with Gasteiger partial charge in [-0.05, 0) is 77.0 Å². The van der Waals surface area contributed by atoms with Gasteiger partial charge in [-0.1, -0.05) is 144 Å². The quantitative estimate of drug-likeness (QED) is 0.0189. The van der Waals surface area contributed by atoms with E-state index in [1.54, 1.807) is 6.08 Å². The number of aliphatic hydroxyl groups is 1. The number of ether oxygens (including phenoxy) is 2. The van der Waals surface area contributed by atoms with Crippen LogP contribution in [0.5, 0.6) is 0 Å². The van der Waals surface area contributed by atoms with Crippen molar-refractivity contribution in [2.24, 2.45) is 0 Å². The van der Waals surface area contributed by atoms with E-state index < -0.39 is 38.6 Å². The van der Waals surface area contributed by atoms with Crippen LogP contribution in [0.3, 0.4) is 0 Å².